The topological polar surface area (TPSA) is 84.5 Å². The third-order valence-corrected chi connectivity index (χ3v) is 5.76. The van der Waals surface area contributed by atoms with Crippen LogP contribution in [0.15, 0.2) is 41.3 Å². The highest BCUT2D eigenvalue weighted by Gasteiger charge is 2.17. The van der Waals surface area contributed by atoms with E-state index in [1.165, 1.54) is 31.0 Å². The summed E-state index contributed by atoms with van der Waals surface area (Å²) in [7, 11) is -2.03. The zero-order valence-electron chi connectivity index (χ0n) is 14.7. The average molecular weight is 449 g/mol. The number of halogens is 2. The van der Waals surface area contributed by atoms with Gasteiger partial charge in [-0.3, -0.25) is 9.52 Å². The molecule has 0 saturated heterocycles. The zero-order valence-corrected chi connectivity index (χ0v) is 17.9. The number of anilines is 2. The van der Waals surface area contributed by atoms with Crippen molar-refractivity contribution in [3.8, 4) is 5.75 Å². The highest BCUT2D eigenvalue weighted by atomic mass is 35.5. The maximum atomic E-state index is 12.5. The third-order valence-electron chi connectivity index (χ3n) is 3.33. The minimum atomic E-state index is -3.45. The fraction of sp³-hybridized carbons (Fsp3) is 0.235. The van der Waals surface area contributed by atoms with Gasteiger partial charge in [0.15, 0.2) is 0 Å². The first kappa shape index (κ1) is 21.7. The number of benzene rings is 2. The molecule has 0 aromatic heterocycles. The third kappa shape index (κ3) is 6.49. The number of rotatable bonds is 7. The summed E-state index contributed by atoms with van der Waals surface area (Å²) < 4.78 is 30.3. The predicted octanol–water partition coefficient (Wildman–Crippen LogP) is 4.49. The quantitative estimate of drug-likeness (QED) is 0.609. The van der Waals surface area contributed by atoms with Crippen molar-refractivity contribution in [3.63, 3.8) is 0 Å². The number of sulfonamides is 1. The second-order valence-electron chi connectivity index (χ2n) is 5.61. The van der Waals surface area contributed by atoms with E-state index in [1.807, 2.05) is 0 Å². The Morgan fingerprint density at radius 2 is 1.89 bits per heavy atom. The first-order valence-corrected chi connectivity index (χ1v) is 11.2. The minimum Gasteiger partial charge on any atom is -0.494 e. The lowest BCUT2D eigenvalue weighted by atomic mass is 10.2. The van der Waals surface area contributed by atoms with Crippen LogP contribution in [0.3, 0.4) is 0 Å². The first-order valence-electron chi connectivity index (χ1n) is 7.67. The lowest BCUT2D eigenvalue weighted by Gasteiger charge is -2.15. The van der Waals surface area contributed by atoms with Crippen LogP contribution in [0.5, 0.6) is 5.75 Å². The molecule has 1 unspecified atom stereocenters. The van der Waals surface area contributed by atoms with Gasteiger partial charge >= 0.3 is 0 Å². The van der Waals surface area contributed by atoms with E-state index >= 15 is 0 Å². The summed E-state index contributed by atoms with van der Waals surface area (Å²) in [6.07, 6.45) is 1.04. The van der Waals surface area contributed by atoms with Crippen molar-refractivity contribution in [2.24, 2.45) is 0 Å². The van der Waals surface area contributed by atoms with Gasteiger partial charge < -0.3 is 10.1 Å². The van der Waals surface area contributed by atoms with Gasteiger partial charge in [0, 0.05) is 21.7 Å². The Hall–Kier alpha value is -1.61. The summed E-state index contributed by atoms with van der Waals surface area (Å²) in [6, 6.07) is 9.69. The molecular formula is C17H18Cl2N2O4S2. The molecule has 1 atom stereocenters. The van der Waals surface area contributed by atoms with Crippen LogP contribution in [0.2, 0.25) is 10.0 Å². The summed E-state index contributed by atoms with van der Waals surface area (Å²) in [6.45, 7) is 1.74. The molecule has 0 fully saturated rings. The molecule has 10 heteroatoms. The second-order valence-corrected chi connectivity index (χ2v) is 9.59. The number of thioether (sulfide) groups is 1. The number of amides is 1. The van der Waals surface area contributed by atoms with Gasteiger partial charge in [0.05, 0.1) is 29.3 Å². The van der Waals surface area contributed by atoms with E-state index in [4.69, 9.17) is 27.9 Å². The van der Waals surface area contributed by atoms with Crippen LogP contribution in [-0.4, -0.2) is 32.9 Å². The van der Waals surface area contributed by atoms with Crippen LogP contribution >= 0.6 is 35.0 Å². The molecule has 0 aliphatic rings. The zero-order chi connectivity index (χ0) is 20.2. The molecule has 6 nitrogen and oxygen atoms in total. The van der Waals surface area contributed by atoms with E-state index < -0.39 is 15.3 Å². The van der Waals surface area contributed by atoms with Gasteiger partial charge in [-0.05, 0) is 37.3 Å². The van der Waals surface area contributed by atoms with Crippen LogP contribution in [0, 0.1) is 0 Å². The Morgan fingerprint density at radius 3 is 2.52 bits per heavy atom. The Balaban J connectivity index is 2.11. The summed E-state index contributed by atoms with van der Waals surface area (Å²) in [5.74, 6) is 0.0401. The summed E-state index contributed by atoms with van der Waals surface area (Å²) in [5, 5.41) is 3.38. The maximum Gasteiger partial charge on any atom is 0.237 e. The van der Waals surface area contributed by atoms with Gasteiger partial charge in [0.25, 0.3) is 0 Å². The molecule has 0 saturated carbocycles. The Morgan fingerprint density at radius 1 is 1.19 bits per heavy atom. The highest BCUT2D eigenvalue weighted by Crippen LogP contribution is 2.33. The van der Waals surface area contributed by atoms with Gasteiger partial charge in [-0.25, -0.2) is 8.42 Å². The van der Waals surface area contributed by atoms with Crippen molar-refractivity contribution in [2.75, 3.05) is 23.4 Å². The number of carbonyl (C=O) groups excluding carboxylic acids is 1. The number of hydrogen-bond acceptors (Lipinski definition) is 5. The van der Waals surface area contributed by atoms with Crippen LogP contribution in [0.25, 0.3) is 0 Å². The maximum absolute atomic E-state index is 12.5. The van der Waals surface area contributed by atoms with Crippen molar-refractivity contribution in [3.05, 3.63) is 46.4 Å². The smallest absolute Gasteiger partial charge is 0.237 e. The van der Waals surface area contributed by atoms with Crippen LogP contribution in [0.4, 0.5) is 11.4 Å². The summed E-state index contributed by atoms with van der Waals surface area (Å²) >= 11 is 13.4. The molecule has 146 valence electrons. The number of ether oxygens (including phenoxy) is 1. The first-order chi connectivity index (χ1) is 12.6. The monoisotopic (exact) mass is 448 g/mol. The molecule has 0 radical (unpaired) electrons. The number of methoxy groups -OCH3 is 1. The Bertz CT molecular complexity index is 952. The molecule has 2 rings (SSSR count). The van der Waals surface area contributed by atoms with E-state index in [0.717, 1.165) is 6.26 Å². The van der Waals surface area contributed by atoms with E-state index in [-0.39, 0.29) is 17.3 Å². The molecule has 0 aliphatic heterocycles. The molecule has 0 spiro atoms. The Kier molecular flexibility index (Phi) is 7.27. The van der Waals surface area contributed by atoms with E-state index in [9.17, 15) is 13.2 Å². The van der Waals surface area contributed by atoms with Crippen molar-refractivity contribution in [1.82, 2.24) is 0 Å². The van der Waals surface area contributed by atoms with Crippen LogP contribution in [0.1, 0.15) is 6.92 Å². The highest BCUT2D eigenvalue weighted by molar-refractivity contribution is 8.00. The lowest BCUT2D eigenvalue weighted by Crippen LogP contribution is -2.22. The number of carbonyl (C=O) groups is 1. The van der Waals surface area contributed by atoms with Crippen molar-refractivity contribution >= 4 is 62.3 Å². The molecule has 0 bridgehead atoms. The fourth-order valence-corrected chi connectivity index (χ4v) is 4.09. The lowest BCUT2D eigenvalue weighted by molar-refractivity contribution is -0.115. The molecule has 2 aromatic carbocycles. The standard InChI is InChI=1S/C17H18Cl2N2O4S2/c1-10(26-16-8-11(18)4-6-13(16)19)17(22)20-12-5-7-14(15(9-12)25-2)21-27(3,23)24/h4-10,21H,1-3H3,(H,20,22). The Labute approximate surface area is 172 Å². The number of nitrogens with one attached hydrogen (secondary N) is 2. The van der Waals surface area contributed by atoms with Crippen molar-refractivity contribution in [1.29, 1.82) is 0 Å². The molecule has 0 aliphatic carbocycles. The largest absolute Gasteiger partial charge is 0.494 e. The van der Waals surface area contributed by atoms with Crippen molar-refractivity contribution < 1.29 is 17.9 Å². The molecular weight excluding hydrogens is 431 g/mol. The summed E-state index contributed by atoms with van der Waals surface area (Å²) in [4.78, 5) is 13.2. The van der Waals surface area contributed by atoms with Gasteiger partial charge in [-0.1, -0.05) is 23.2 Å². The molecule has 2 aromatic rings. The molecule has 1 amide bonds. The molecule has 2 N–H and O–H groups in total. The van der Waals surface area contributed by atoms with E-state index in [1.54, 1.807) is 31.2 Å². The molecule has 0 heterocycles. The van der Waals surface area contributed by atoms with Crippen molar-refractivity contribution in [2.45, 2.75) is 17.1 Å². The SMILES string of the molecule is COc1cc(NC(=O)C(C)Sc2cc(Cl)ccc2Cl)ccc1NS(C)(=O)=O. The summed E-state index contributed by atoms with van der Waals surface area (Å²) in [5.41, 5.74) is 0.756. The second kappa shape index (κ2) is 9.05. The van der Waals surface area contributed by atoms with Crippen LogP contribution in [-0.2, 0) is 14.8 Å². The van der Waals surface area contributed by atoms with Gasteiger partial charge in [-0.2, -0.15) is 0 Å². The minimum absolute atomic E-state index is 0.248. The molecule has 27 heavy (non-hydrogen) atoms. The van der Waals surface area contributed by atoms with E-state index in [0.29, 0.717) is 20.6 Å². The normalized spacial score (nSPS) is 12.3. The van der Waals surface area contributed by atoms with Crippen LogP contribution < -0.4 is 14.8 Å². The number of hydrogen-bond donors (Lipinski definition) is 2. The fourth-order valence-electron chi connectivity index (χ4n) is 2.11. The van der Waals surface area contributed by atoms with Gasteiger partial charge in [0.1, 0.15) is 5.75 Å². The van der Waals surface area contributed by atoms with Gasteiger partial charge in [0.2, 0.25) is 15.9 Å². The average Bonchev–Trinajstić information content (AvgIpc) is 2.58. The van der Waals surface area contributed by atoms with Gasteiger partial charge in [-0.15, -0.1) is 11.8 Å². The predicted molar refractivity (Wildman–Crippen MR) is 112 cm³/mol. The van der Waals surface area contributed by atoms with E-state index in [2.05, 4.69) is 10.0 Å².